The standard InChI is InChI=1S/C16H17N3O7S2/c1-8-12(15(22)18(2)17-8)13(20)9-5-6-10-11(7-9)19(3)28(25,26)16(14(10)21)27(4,23)24/h5-7,16-17H,1-4H3. The summed E-state index contributed by atoms with van der Waals surface area (Å²) in [5.74, 6) is -1.73. The van der Waals surface area contributed by atoms with Crippen molar-refractivity contribution in [1.29, 1.82) is 0 Å². The highest BCUT2D eigenvalue weighted by atomic mass is 32.3. The first-order valence-corrected chi connectivity index (χ1v) is 11.4. The van der Waals surface area contributed by atoms with E-state index < -0.39 is 41.6 Å². The van der Waals surface area contributed by atoms with E-state index in [2.05, 4.69) is 5.10 Å². The molecule has 10 nitrogen and oxygen atoms in total. The van der Waals surface area contributed by atoms with E-state index in [0.29, 0.717) is 16.3 Å². The van der Waals surface area contributed by atoms with Crippen LogP contribution in [0.4, 0.5) is 5.69 Å². The van der Waals surface area contributed by atoms with Crippen molar-refractivity contribution in [2.45, 2.75) is 11.5 Å². The summed E-state index contributed by atoms with van der Waals surface area (Å²) in [4.78, 5) is 37.5. The Morgan fingerprint density at radius 2 is 1.79 bits per heavy atom. The maximum Gasteiger partial charge on any atom is 0.277 e. The van der Waals surface area contributed by atoms with Crippen molar-refractivity contribution in [2.24, 2.45) is 7.05 Å². The number of aromatic nitrogens is 2. The number of nitrogens with zero attached hydrogens (tertiary/aromatic N) is 2. The maximum absolute atomic E-state index is 12.8. The zero-order chi connectivity index (χ0) is 21.2. The minimum absolute atomic E-state index is 0.00814. The first kappa shape index (κ1) is 20.0. The Balaban J connectivity index is 2.20. The number of rotatable bonds is 3. The number of aromatic amines is 1. The summed E-state index contributed by atoms with van der Waals surface area (Å²) < 4.78 is 48.5. The fraction of sp³-hybridized carbons (Fsp3) is 0.312. The quantitative estimate of drug-likeness (QED) is 0.656. The predicted molar refractivity (Wildman–Crippen MR) is 101 cm³/mol. The number of Topliss-reactive ketones (excluding diaryl/α,β-unsaturated/α-hetero) is 1. The number of aryl methyl sites for hydroxylation is 2. The van der Waals surface area contributed by atoms with Crippen molar-refractivity contribution in [3.8, 4) is 0 Å². The van der Waals surface area contributed by atoms with Gasteiger partial charge >= 0.3 is 0 Å². The van der Waals surface area contributed by atoms with Gasteiger partial charge in [0.05, 0.1) is 5.69 Å². The molecule has 2 heterocycles. The summed E-state index contributed by atoms with van der Waals surface area (Å²) in [5, 5.41) is 2.70. The molecule has 0 radical (unpaired) electrons. The molecule has 1 atom stereocenters. The molecule has 1 unspecified atom stereocenters. The van der Waals surface area contributed by atoms with Gasteiger partial charge in [-0.2, -0.15) is 0 Å². The molecule has 1 aromatic carbocycles. The molecule has 1 N–H and O–H groups in total. The molecule has 1 aromatic heterocycles. The summed E-state index contributed by atoms with van der Waals surface area (Å²) in [6.07, 6.45) is 0.675. The van der Waals surface area contributed by atoms with Crippen LogP contribution in [0.1, 0.15) is 32.0 Å². The minimum Gasteiger partial charge on any atom is -0.299 e. The zero-order valence-electron chi connectivity index (χ0n) is 15.4. The molecule has 28 heavy (non-hydrogen) atoms. The lowest BCUT2D eigenvalue weighted by molar-refractivity contribution is 0.100. The van der Waals surface area contributed by atoms with Crippen molar-refractivity contribution in [3.63, 3.8) is 0 Å². The van der Waals surface area contributed by atoms with Crippen LogP contribution in [0.3, 0.4) is 0 Å². The Bertz CT molecular complexity index is 1300. The summed E-state index contributed by atoms with van der Waals surface area (Å²) in [5.41, 5.74) is -0.585. The van der Waals surface area contributed by atoms with Gasteiger partial charge in [0, 0.05) is 37.2 Å². The van der Waals surface area contributed by atoms with E-state index >= 15 is 0 Å². The third-order valence-corrected chi connectivity index (χ3v) is 9.06. The number of sulfone groups is 1. The van der Waals surface area contributed by atoms with Crippen molar-refractivity contribution in [1.82, 2.24) is 9.78 Å². The number of H-pyrrole nitrogens is 1. The average molecular weight is 427 g/mol. The second-order valence-corrected chi connectivity index (χ2v) is 11.1. The molecule has 150 valence electrons. The molecular weight excluding hydrogens is 410 g/mol. The van der Waals surface area contributed by atoms with Gasteiger partial charge in [0.25, 0.3) is 15.6 Å². The number of hydrogen-bond donors (Lipinski definition) is 1. The smallest absolute Gasteiger partial charge is 0.277 e. The van der Waals surface area contributed by atoms with Crippen LogP contribution in [0, 0.1) is 6.92 Å². The van der Waals surface area contributed by atoms with Gasteiger partial charge in [0.15, 0.2) is 15.6 Å². The van der Waals surface area contributed by atoms with Gasteiger partial charge in [0.2, 0.25) is 10.4 Å². The molecule has 0 aliphatic carbocycles. The Morgan fingerprint density at radius 3 is 2.29 bits per heavy atom. The second-order valence-electron chi connectivity index (χ2n) is 6.58. The molecule has 0 fully saturated rings. The average Bonchev–Trinajstić information content (AvgIpc) is 2.82. The number of carbonyl (C=O) groups excluding carboxylic acids is 2. The van der Waals surface area contributed by atoms with E-state index in [-0.39, 0.29) is 22.4 Å². The molecule has 0 spiro atoms. The Kier molecular flexibility index (Phi) is 4.39. The Hall–Kier alpha value is -2.73. The van der Waals surface area contributed by atoms with Crippen LogP contribution in [0.5, 0.6) is 0 Å². The maximum atomic E-state index is 12.8. The van der Waals surface area contributed by atoms with Crippen LogP contribution in [0.15, 0.2) is 23.0 Å². The lowest BCUT2D eigenvalue weighted by Crippen LogP contribution is -2.49. The van der Waals surface area contributed by atoms with E-state index in [9.17, 15) is 31.2 Å². The Morgan fingerprint density at radius 1 is 1.18 bits per heavy atom. The number of hydrogen-bond acceptors (Lipinski definition) is 7. The van der Waals surface area contributed by atoms with Crippen LogP contribution in [0.2, 0.25) is 0 Å². The van der Waals surface area contributed by atoms with Crippen LogP contribution < -0.4 is 9.86 Å². The summed E-state index contributed by atoms with van der Waals surface area (Å²) >= 11 is 0. The number of benzene rings is 1. The SMILES string of the molecule is Cc1[nH]n(C)c(=O)c1C(=O)c1ccc2c(c1)N(C)S(=O)(=O)C(S(C)(=O)=O)C2=O. The molecular formula is C16H17N3O7S2. The largest absolute Gasteiger partial charge is 0.299 e. The molecule has 3 rings (SSSR count). The van der Waals surface area contributed by atoms with Gasteiger partial charge < -0.3 is 0 Å². The number of carbonyl (C=O) groups is 2. The molecule has 0 saturated carbocycles. The fourth-order valence-corrected chi connectivity index (χ4v) is 6.98. The highest BCUT2D eigenvalue weighted by Crippen LogP contribution is 2.34. The lowest BCUT2D eigenvalue weighted by atomic mass is 9.99. The zero-order valence-corrected chi connectivity index (χ0v) is 17.0. The van der Waals surface area contributed by atoms with Gasteiger partial charge in [-0.3, -0.25) is 28.5 Å². The van der Waals surface area contributed by atoms with Crippen LogP contribution in [0.25, 0.3) is 0 Å². The van der Waals surface area contributed by atoms with E-state index in [0.717, 1.165) is 17.8 Å². The number of ketones is 2. The van der Waals surface area contributed by atoms with E-state index in [4.69, 9.17) is 0 Å². The molecule has 0 bridgehead atoms. The van der Waals surface area contributed by atoms with E-state index in [1.807, 2.05) is 0 Å². The topological polar surface area (TPSA) is 143 Å². The Labute approximate surface area is 160 Å². The second kappa shape index (κ2) is 6.14. The van der Waals surface area contributed by atoms with Crippen molar-refractivity contribution < 1.29 is 26.4 Å². The van der Waals surface area contributed by atoms with Crippen LogP contribution in [-0.2, 0) is 26.9 Å². The molecule has 2 aromatic rings. The van der Waals surface area contributed by atoms with Crippen LogP contribution in [-0.4, -0.2) is 56.1 Å². The molecule has 0 saturated heterocycles. The van der Waals surface area contributed by atoms with Gasteiger partial charge in [-0.1, -0.05) is 6.07 Å². The van der Waals surface area contributed by atoms with Crippen molar-refractivity contribution >= 4 is 37.1 Å². The number of nitrogens with one attached hydrogen (secondary N) is 1. The lowest BCUT2D eigenvalue weighted by Gasteiger charge is -2.31. The van der Waals surface area contributed by atoms with Gasteiger partial charge in [-0.25, -0.2) is 16.8 Å². The van der Waals surface area contributed by atoms with Crippen molar-refractivity contribution in [3.05, 3.63) is 50.9 Å². The molecule has 1 aliphatic rings. The molecule has 1 aliphatic heterocycles. The van der Waals surface area contributed by atoms with Gasteiger partial charge in [-0.05, 0) is 19.1 Å². The monoisotopic (exact) mass is 427 g/mol. The first-order chi connectivity index (χ1) is 12.8. The van der Waals surface area contributed by atoms with E-state index in [1.54, 1.807) is 6.92 Å². The third-order valence-electron chi connectivity index (χ3n) is 4.58. The highest BCUT2D eigenvalue weighted by molar-refractivity contribution is 8.10. The number of anilines is 1. The number of fused-ring (bicyclic) bond motifs is 1. The van der Waals surface area contributed by atoms with Crippen molar-refractivity contribution in [2.75, 3.05) is 17.6 Å². The third kappa shape index (κ3) is 2.79. The van der Waals surface area contributed by atoms with Gasteiger partial charge in [0.1, 0.15) is 5.56 Å². The molecule has 12 heteroatoms. The van der Waals surface area contributed by atoms with Crippen LogP contribution >= 0.6 is 0 Å². The summed E-state index contributed by atoms with van der Waals surface area (Å²) in [7, 11) is -6.21. The van der Waals surface area contributed by atoms with Gasteiger partial charge in [-0.15, -0.1) is 0 Å². The minimum atomic E-state index is -4.53. The summed E-state index contributed by atoms with van der Waals surface area (Å²) in [6.45, 7) is 1.55. The highest BCUT2D eigenvalue weighted by Gasteiger charge is 2.49. The fourth-order valence-electron chi connectivity index (χ4n) is 3.20. The van der Waals surface area contributed by atoms with E-state index in [1.165, 1.54) is 19.2 Å². The first-order valence-electron chi connectivity index (χ1n) is 7.93. The normalized spacial score (nSPS) is 18.8. The summed E-state index contributed by atoms with van der Waals surface area (Å²) in [6, 6.07) is 3.62. The molecule has 0 amide bonds. The number of sulfonamides is 1. The predicted octanol–water partition coefficient (Wildman–Crippen LogP) is -0.414.